The highest BCUT2D eigenvalue weighted by Crippen LogP contribution is 2.22. The standard InChI is InChI=1S/C14H15ClN2O/c1-10-6-12(15)3-5-14(10)18-9-13-4-2-11(7-16)8-17-13/h2-6,8H,7,9,16H2,1H3. The Morgan fingerprint density at radius 3 is 2.72 bits per heavy atom. The molecule has 1 aromatic carbocycles. The second-order valence-electron chi connectivity index (χ2n) is 4.06. The zero-order chi connectivity index (χ0) is 13.0. The molecule has 18 heavy (non-hydrogen) atoms. The molecule has 0 aliphatic rings. The van der Waals surface area contributed by atoms with Crippen LogP contribution in [0, 0.1) is 6.92 Å². The van der Waals surface area contributed by atoms with Crippen molar-refractivity contribution in [2.24, 2.45) is 5.73 Å². The summed E-state index contributed by atoms with van der Waals surface area (Å²) in [5.74, 6) is 0.823. The van der Waals surface area contributed by atoms with Crippen molar-refractivity contribution in [2.75, 3.05) is 0 Å². The minimum absolute atomic E-state index is 0.438. The first kappa shape index (κ1) is 12.9. The summed E-state index contributed by atoms with van der Waals surface area (Å²) >= 11 is 5.89. The maximum Gasteiger partial charge on any atom is 0.130 e. The Balaban J connectivity index is 2.02. The smallest absolute Gasteiger partial charge is 0.130 e. The third kappa shape index (κ3) is 3.22. The Hall–Kier alpha value is -1.58. The lowest BCUT2D eigenvalue weighted by Crippen LogP contribution is -2.02. The van der Waals surface area contributed by atoms with Crippen molar-refractivity contribution >= 4 is 11.6 Å². The number of aryl methyl sites for hydroxylation is 1. The van der Waals surface area contributed by atoms with E-state index >= 15 is 0 Å². The maximum atomic E-state index is 5.89. The molecule has 1 aromatic heterocycles. The van der Waals surface area contributed by atoms with Crippen molar-refractivity contribution in [3.8, 4) is 5.75 Å². The highest BCUT2D eigenvalue weighted by molar-refractivity contribution is 6.30. The Kier molecular flexibility index (Phi) is 4.18. The molecule has 2 aromatic rings. The van der Waals surface area contributed by atoms with Gasteiger partial charge in [-0.1, -0.05) is 17.7 Å². The third-order valence-electron chi connectivity index (χ3n) is 2.63. The summed E-state index contributed by atoms with van der Waals surface area (Å²) in [6, 6.07) is 9.44. The van der Waals surface area contributed by atoms with Crippen LogP contribution in [0.15, 0.2) is 36.5 Å². The van der Waals surface area contributed by atoms with Crippen LogP contribution in [0.2, 0.25) is 5.02 Å². The average molecular weight is 263 g/mol. The van der Waals surface area contributed by atoms with Gasteiger partial charge in [-0.25, -0.2) is 0 Å². The summed E-state index contributed by atoms with van der Waals surface area (Å²) < 4.78 is 5.70. The molecule has 2 rings (SSSR count). The molecular formula is C14H15ClN2O. The minimum Gasteiger partial charge on any atom is -0.487 e. The second-order valence-corrected chi connectivity index (χ2v) is 4.50. The van der Waals surface area contributed by atoms with Gasteiger partial charge in [0.25, 0.3) is 0 Å². The first-order chi connectivity index (χ1) is 8.69. The number of pyridine rings is 1. The number of nitrogens with zero attached hydrogens (tertiary/aromatic N) is 1. The van der Waals surface area contributed by atoms with E-state index in [1.54, 1.807) is 6.20 Å². The van der Waals surface area contributed by atoms with Crippen molar-refractivity contribution in [3.05, 3.63) is 58.4 Å². The predicted octanol–water partition coefficient (Wildman–Crippen LogP) is 3.08. The number of ether oxygens (including phenoxy) is 1. The molecule has 0 unspecified atom stereocenters. The zero-order valence-corrected chi connectivity index (χ0v) is 10.9. The topological polar surface area (TPSA) is 48.1 Å². The van der Waals surface area contributed by atoms with Gasteiger partial charge in [-0.3, -0.25) is 4.98 Å². The van der Waals surface area contributed by atoms with E-state index in [0.717, 1.165) is 22.6 Å². The van der Waals surface area contributed by atoms with E-state index in [1.165, 1.54) is 0 Å². The monoisotopic (exact) mass is 262 g/mol. The molecule has 94 valence electrons. The Morgan fingerprint density at radius 1 is 1.28 bits per heavy atom. The average Bonchev–Trinajstić information content (AvgIpc) is 2.38. The number of nitrogens with two attached hydrogens (primary N) is 1. The van der Waals surface area contributed by atoms with Gasteiger partial charge in [0.2, 0.25) is 0 Å². The van der Waals surface area contributed by atoms with Crippen LogP contribution in [0.1, 0.15) is 16.8 Å². The van der Waals surface area contributed by atoms with Gasteiger partial charge in [-0.05, 0) is 42.3 Å². The van der Waals surface area contributed by atoms with Gasteiger partial charge in [-0.15, -0.1) is 0 Å². The molecule has 0 fully saturated rings. The lowest BCUT2D eigenvalue weighted by Gasteiger charge is -2.09. The van der Waals surface area contributed by atoms with Crippen molar-refractivity contribution in [3.63, 3.8) is 0 Å². The van der Waals surface area contributed by atoms with E-state index < -0.39 is 0 Å². The molecule has 0 radical (unpaired) electrons. The van der Waals surface area contributed by atoms with E-state index in [0.29, 0.717) is 18.2 Å². The molecule has 0 atom stereocenters. The van der Waals surface area contributed by atoms with E-state index in [-0.39, 0.29) is 0 Å². The highest BCUT2D eigenvalue weighted by Gasteiger charge is 2.02. The molecule has 0 aliphatic carbocycles. The molecule has 4 heteroatoms. The van der Waals surface area contributed by atoms with Crippen molar-refractivity contribution in [1.29, 1.82) is 0 Å². The summed E-state index contributed by atoms with van der Waals surface area (Å²) in [4.78, 5) is 4.28. The van der Waals surface area contributed by atoms with Crippen LogP contribution in [0.25, 0.3) is 0 Å². The van der Waals surface area contributed by atoms with E-state index in [9.17, 15) is 0 Å². The van der Waals surface area contributed by atoms with Gasteiger partial charge in [-0.2, -0.15) is 0 Å². The van der Waals surface area contributed by atoms with Crippen LogP contribution in [0.3, 0.4) is 0 Å². The van der Waals surface area contributed by atoms with Gasteiger partial charge in [0.1, 0.15) is 12.4 Å². The van der Waals surface area contributed by atoms with Gasteiger partial charge < -0.3 is 10.5 Å². The Morgan fingerprint density at radius 2 is 2.11 bits per heavy atom. The number of halogens is 1. The SMILES string of the molecule is Cc1cc(Cl)ccc1OCc1ccc(CN)cn1. The van der Waals surface area contributed by atoms with Crippen molar-refractivity contribution in [2.45, 2.75) is 20.1 Å². The van der Waals surface area contributed by atoms with Crippen LogP contribution in [0.5, 0.6) is 5.75 Å². The van der Waals surface area contributed by atoms with Gasteiger partial charge in [0.15, 0.2) is 0 Å². The van der Waals surface area contributed by atoms with Crippen molar-refractivity contribution < 1.29 is 4.74 Å². The summed E-state index contributed by atoms with van der Waals surface area (Å²) in [5, 5.41) is 0.713. The maximum absolute atomic E-state index is 5.89. The summed E-state index contributed by atoms with van der Waals surface area (Å²) in [7, 11) is 0. The number of hydrogen-bond donors (Lipinski definition) is 1. The lowest BCUT2D eigenvalue weighted by molar-refractivity contribution is 0.299. The molecule has 0 aliphatic heterocycles. The molecule has 0 saturated heterocycles. The largest absolute Gasteiger partial charge is 0.487 e. The quantitative estimate of drug-likeness (QED) is 0.921. The van der Waals surface area contributed by atoms with E-state index in [4.69, 9.17) is 22.1 Å². The molecule has 1 heterocycles. The molecule has 2 N–H and O–H groups in total. The zero-order valence-electron chi connectivity index (χ0n) is 10.2. The number of benzene rings is 1. The molecule has 0 amide bonds. The van der Waals surface area contributed by atoms with Crippen molar-refractivity contribution in [1.82, 2.24) is 4.98 Å². The summed E-state index contributed by atoms with van der Waals surface area (Å²) in [6.45, 7) is 2.91. The van der Waals surface area contributed by atoms with E-state index in [1.807, 2.05) is 37.3 Å². The highest BCUT2D eigenvalue weighted by atomic mass is 35.5. The molecule has 0 saturated carbocycles. The summed E-state index contributed by atoms with van der Waals surface area (Å²) in [6.07, 6.45) is 1.77. The van der Waals surface area contributed by atoms with Crippen LogP contribution in [0.4, 0.5) is 0 Å². The lowest BCUT2D eigenvalue weighted by atomic mass is 10.2. The fourth-order valence-electron chi connectivity index (χ4n) is 1.59. The van der Waals surface area contributed by atoms with Crippen LogP contribution in [-0.4, -0.2) is 4.98 Å². The Labute approximate surface area is 112 Å². The number of aromatic nitrogens is 1. The summed E-state index contributed by atoms with van der Waals surface area (Å²) in [5.41, 5.74) is 8.42. The van der Waals surface area contributed by atoms with Crippen LogP contribution >= 0.6 is 11.6 Å². The first-order valence-corrected chi connectivity index (χ1v) is 6.09. The number of hydrogen-bond acceptors (Lipinski definition) is 3. The second kappa shape index (κ2) is 5.85. The molecule has 0 bridgehead atoms. The third-order valence-corrected chi connectivity index (χ3v) is 2.87. The molecular weight excluding hydrogens is 248 g/mol. The molecule has 0 spiro atoms. The normalized spacial score (nSPS) is 10.4. The van der Waals surface area contributed by atoms with E-state index in [2.05, 4.69) is 4.98 Å². The van der Waals surface area contributed by atoms with Gasteiger partial charge in [0, 0.05) is 17.8 Å². The minimum atomic E-state index is 0.438. The van der Waals surface area contributed by atoms with Gasteiger partial charge >= 0.3 is 0 Å². The fourth-order valence-corrected chi connectivity index (χ4v) is 1.81. The van der Waals surface area contributed by atoms with Crippen LogP contribution in [-0.2, 0) is 13.2 Å². The fraction of sp³-hybridized carbons (Fsp3) is 0.214. The predicted molar refractivity (Wildman–Crippen MR) is 72.6 cm³/mol. The first-order valence-electron chi connectivity index (χ1n) is 5.72. The molecule has 3 nitrogen and oxygen atoms in total. The Bertz CT molecular complexity index is 526. The van der Waals surface area contributed by atoms with Gasteiger partial charge in [0.05, 0.1) is 5.69 Å². The van der Waals surface area contributed by atoms with Crippen LogP contribution < -0.4 is 10.5 Å². The number of rotatable bonds is 4.